The van der Waals surface area contributed by atoms with E-state index in [-0.39, 0.29) is 23.2 Å². The molecule has 8 heteroatoms. The van der Waals surface area contributed by atoms with Gasteiger partial charge in [-0.3, -0.25) is 0 Å². The molecule has 0 saturated carbocycles. The lowest BCUT2D eigenvalue weighted by atomic mass is 10.3. The van der Waals surface area contributed by atoms with Crippen molar-refractivity contribution in [3.63, 3.8) is 0 Å². The zero-order valence-electron chi connectivity index (χ0n) is 11.1. The standard InChI is InChI=1S/C11H18N2O5S/c1-4-8(7-18-3)12-19(16,17)9-5-10(11(14)15)13(2)6-9/h5-6,8,12H,4,7H2,1-3H3,(H,14,15). The molecule has 2 N–H and O–H groups in total. The first-order valence-corrected chi connectivity index (χ1v) is 7.21. The van der Waals surface area contributed by atoms with Crippen LogP contribution in [-0.4, -0.2) is 43.8 Å². The number of nitrogens with one attached hydrogen (secondary N) is 1. The SMILES string of the molecule is CCC(COC)NS(=O)(=O)c1cc(C(=O)O)n(C)c1. The van der Waals surface area contributed by atoms with Gasteiger partial charge in [-0.25, -0.2) is 17.9 Å². The van der Waals surface area contributed by atoms with Crippen molar-refractivity contribution in [1.29, 1.82) is 0 Å². The van der Waals surface area contributed by atoms with E-state index >= 15 is 0 Å². The molecule has 0 spiro atoms. The van der Waals surface area contributed by atoms with E-state index in [4.69, 9.17) is 9.84 Å². The molecule has 1 aromatic heterocycles. The molecule has 0 aromatic carbocycles. The lowest BCUT2D eigenvalue weighted by Gasteiger charge is -2.15. The van der Waals surface area contributed by atoms with E-state index in [0.29, 0.717) is 6.42 Å². The summed E-state index contributed by atoms with van der Waals surface area (Å²) in [4.78, 5) is 10.8. The number of hydrogen-bond acceptors (Lipinski definition) is 4. The fourth-order valence-corrected chi connectivity index (χ4v) is 2.99. The van der Waals surface area contributed by atoms with Gasteiger partial charge in [-0.1, -0.05) is 6.92 Å². The van der Waals surface area contributed by atoms with Crippen molar-refractivity contribution in [2.45, 2.75) is 24.3 Å². The van der Waals surface area contributed by atoms with Crippen LogP contribution in [0.4, 0.5) is 0 Å². The van der Waals surface area contributed by atoms with Crippen LogP contribution in [0.15, 0.2) is 17.2 Å². The summed E-state index contributed by atoms with van der Waals surface area (Å²) < 4.78 is 32.8. The number of sulfonamides is 1. The maximum Gasteiger partial charge on any atom is 0.352 e. The third kappa shape index (κ3) is 3.79. The monoisotopic (exact) mass is 290 g/mol. The highest BCUT2D eigenvalue weighted by Crippen LogP contribution is 2.14. The van der Waals surface area contributed by atoms with Crippen molar-refractivity contribution in [2.24, 2.45) is 7.05 Å². The highest BCUT2D eigenvalue weighted by Gasteiger charge is 2.22. The van der Waals surface area contributed by atoms with Crippen molar-refractivity contribution >= 4 is 16.0 Å². The molecular formula is C11H18N2O5S. The molecule has 1 heterocycles. The molecule has 0 radical (unpaired) electrons. The van der Waals surface area contributed by atoms with E-state index in [1.54, 1.807) is 0 Å². The topological polar surface area (TPSA) is 97.6 Å². The Morgan fingerprint density at radius 1 is 1.58 bits per heavy atom. The minimum absolute atomic E-state index is 0.0676. The molecule has 0 fully saturated rings. The molecular weight excluding hydrogens is 272 g/mol. The van der Waals surface area contributed by atoms with Gasteiger partial charge in [0, 0.05) is 26.4 Å². The molecule has 0 aliphatic heterocycles. The van der Waals surface area contributed by atoms with Crippen molar-refractivity contribution in [3.05, 3.63) is 18.0 Å². The number of carbonyl (C=O) groups is 1. The molecule has 19 heavy (non-hydrogen) atoms. The summed E-state index contributed by atoms with van der Waals surface area (Å²) >= 11 is 0. The Bertz CT molecular complexity index is 549. The molecule has 7 nitrogen and oxygen atoms in total. The van der Waals surface area contributed by atoms with Crippen LogP contribution in [0.5, 0.6) is 0 Å². The van der Waals surface area contributed by atoms with Gasteiger partial charge in [0.2, 0.25) is 10.0 Å². The van der Waals surface area contributed by atoms with Crippen LogP contribution in [0, 0.1) is 0 Å². The predicted molar refractivity (Wildman–Crippen MR) is 68.6 cm³/mol. The molecule has 0 aliphatic carbocycles. The number of carboxylic acids is 1. The Morgan fingerprint density at radius 2 is 2.21 bits per heavy atom. The first-order chi connectivity index (χ1) is 8.81. The van der Waals surface area contributed by atoms with Crippen molar-refractivity contribution in [3.8, 4) is 0 Å². The maximum absolute atomic E-state index is 12.1. The molecule has 1 unspecified atom stereocenters. The molecule has 1 rings (SSSR count). The number of methoxy groups -OCH3 is 1. The molecule has 0 amide bonds. The van der Waals surface area contributed by atoms with E-state index in [1.165, 1.54) is 24.9 Å². The third-order valence-corrected chi connectivity index (χ3v) is 4.18. The number of aromatic nitrogens is 1. The van der Waals surface area contributed by atoms with E-state index in [9.17, 15) is 13.2 Å². The summed E-state index contributed by atoms with van der Waals surface area (Å²) in [7, 11) is -0.774. The third-order valence-electron chi connectivity index (χ3n) is 2.69. The van der Waals surface area contributed by atoms with Crippen LogP contribution < -0.4 is 4.72 Å². The van der Waals surface area contributed by atoms with Gasteiger partial charge in [0.25, 0.3) is 0 Å². The van der Waals surface area contributed by atoms with Gasteiger partial charge < -0.3 is 14.4 Å². The average Bonchev–Trinajstić information content (AvgIpc) is 2.71. The lowest BCUT2D eigenvalue weighted by molar-refractivity contribution is 0.0686. The number of ether oxygens (including phenoxy) is 1. The first kappa shape index (κ1) is 15.7. The number of aryl methyl sites for hydroxylation is 1. The van der Waals surface area contributed by atoms with Gasteiger partial charge in [-0.2, -0.15) is 0 Å². The first-order valence-electron chi connectivity index (χ1n) is 5.72. The minimum Gasteiger partial charge on any atom is -0.477 e. The molecule has 0 bridgehead atoms. The van der Waals surface area contributed by atoms with Crippen LogP contribution in [0.2, 0.25) is 0 Å². The van der Waals surface area contributed by atoms with E-state index in [0.717, 1.165) is 6.07 Å². The molecule has 0 saturated heterocycles. The summed E-state index contributed by atoms with van der Waals surface area (Å²) in [6.45, 7) is 2.09. The summed E-state index contributed by atoms with van der Waals surface area (Å²) in [5.74, 6) is -1.17. The number of carboxylic acid groups (broad SMARTS) is 1. The number of hydrogen-bond donors (Lipinski definition) is 2. The largest absolute Gasteiger partial charge is 0.477 e. The Kier molecular flexibility index (Phi) is 5.10. The number of rotatable bonds is 7. The summed E-state index contributed by atoms with van der Waals surface area (Å²) in [6.07, 6.45) is 1.84. The zero-order chi connectivity index (χ0) is 14.6. The number of aromatic carboxylic acids is 1. The molecule has 108 valence electrons. The van der Waals surface area contributed by atoms with Gasteiger partial charge in [0.05, 0.1) is 6.61 Å². The smallest absolute Gasteiger partial charge is 0.352 e. The minimum atomic E-state index is -3.74. The van der Waals surface area contributed by atoms with Crippen molar-refractivity contribution in [1.82, 2.24) is 9.29 Å². The second-order valence-corrected chi connectivity index (χ2v) is 5.87. The highest BCUT2D eigenvalue weighted by atomic mass is 32.2. The summed E-state index contributed by atoms with van der Waals surface area (Å²) in [6, 6.07) is 0.785. The fourth-order valence-electron chi connectivity index (χ4n) is 1.62. The fraction of sp³-hybridized carbons (Fsp3) is 0.545. The van der Waals surface area contributed by atoms with Gasteiger partial charge in [-0.05, 0) is 12.5 Å². The molecule has 0 aliphatic rings. The summed E-state index contributed by atoms with van der Waals surface area (Å²) in [5, 5.41) is 8.90. The van der Waals surface area contributed by atoms with E-state index in [1.807, 2.05) is 6.92 Å². The quantitative estimate of drug-likeness (QED) is 0.758. The normalized spacial score (nSPS) is 13.4. The summed E-state index contributed by atoms with van der Waals surface area (Å²) in [5.41, 5.74) is -0.0832. The van der Waals surface area contributed by atoms with E-state index in [2.05, 4.69) is 4.72 Å². The second kappa shape index (κ2) is 6.18. The van der Waals surface area contributed by atoms with Crippen molar-refractivity contribution in [2.75, 3.05) is 13.7 Å². The van der Waals surface area contributed by atoms with E-state index < -0.39 is 16.0 Å². The Balaban J connectivity index is 3.00. The van der Waals surface area contributed by atoms with Crippen LogP contribution >= 0.6 is 0 Å². The Hall–Kier alpha value is -1.38. The van der Waals surface area contributed by atoms with Gasteiger partial charge in [-0.15, -0.1) is 0 Å². The van der Waals surface area contributed by atoms with Crippen LogP contribution in [0.1, 0.15) is 23.8 Å². The molecule has 1 aromatic rings. The van der Waals surface area contributed by atoms with Gasteiger partial charge in [0.1, 0.15) is 10.6 Å². The zero-order valence-corrected chi connectivity index (χ0v) is 11.9. The Morgan fingerprint density at radius 3 is 2.63 bits per heavy atom. The highest BCUT2D eigenvalue weighted by molar-refractivity contribution is 7.89. The number of nitrogens with zero attached hydrogens (tertiary/aromatic N) is 1. The molecule has 1 atom stereocenters. The average molecular weight is 290 g/mol. The van der Waals surface area contributed by atoms with Gasteiger partial charge in [0.15, 0.2) is 0 Å². The predicted octanol–water partition coefficient (Wildman–Crippen LogP) is 0.427. The second-order valence-electron chi connectivity index (χ2n) is 4.16. The maximum atomic E-state index is 12.1. The lowest BCUT2D eigenvalue weighted by Crippen LogP contribution is -2.37. The van der Waals surface area contributed by atoms with Crippen molar-refractivity contribution < 1.29 is 23.1 Å². The van der Waals surface area contributed by atoms with Gasteiger partial charge >= 0.3 is 5.97 Å². The van der Waals surface area contributed by atoms with Crippen LogP contribution in [0.25, 0.3) is 0 Å². The Labute approximate surface area is 112 Å². The van der Waals surface area contributed by atoms with Crippen LogP contribution in [-0.2, 0) is 21.8 Å². The van der Waals surface area contributed by atoms with Crippen LogP contribution in [0.3, 0.4) is 0 Å².